The summed E-state index contributed by atoms with van der Waals surface area (Å²) in [6.07, 6.45) is 0.182. The molecule has 0 heterocycles. The topological polar surface area (TPSA) is 18.5 Å². The Hall–Kier alpha value is 3.24. The molecule has 0 N–H and O–H groups in total. The predicted molar refractivity (Wildman–Crippen MR) is 104 cm³/mol. The van der Waals surface area contributed by atoms with Gasteiger partial charge >= 0.3 is 0 Å². The summed E-state index contributed by atoms with van der Waals surface area (Å²) in [5, 5.41) is -1.10. The molecule has 2 unspecified atom stereocenters. The first-order valence-electron chi connectivity index (χ1n) is 5.24. The Kier molecular flexibility index (Phi) is 12.0. The van der Waals surface area contributed by atoms with Gasteiger partial charge in [-0.05, 0) is 11.8 Å². The fourth-order valence-corrected chi connectivity index (χ4v) is 4.94. The minimum atomic E-state index is -2.83. The van der Waals surface area contributed by atoms with Gasteiger partial charge in [-0.3, -0.25) is 0 Å². The fraction of sp³-hybridized carbons (Fsp3) is 1.00. The minimum absolute atomic E-state index is 0.0215. The molecular formula is C8H11Cl8O2PS2. The van der Waals surface area contributed by atoms with Crippen molar-refractivity contribution in [3.05, 3.63) is 0 Å². The van der Waals surface area contributed by atoms with Crippen molar-refractivity contribution in [2.75, 3.05) is 13.2 Å². The van der Waals surface area contributed by atoms with E-state index < -0.39 is 24.0 Å². The number of thiol groups is 1. The van der Waals surface area contributed by atoms with E-state index in [9.17, 15) is 0 Å². The van der Waals surface area contributed by atoms with Gasteiger partial charge in [0.25, 0.3) is 0 Å². The van der Waals surface area contributed by atoms with E-state index in [1.54, 1.807) is 0 Å². The molecule has 0 aliphatic heterocycles. The van der Waals surface area contributed by atoms with E-state index in [0.29, 0.717) is 0 Å². The lowest BCUT2D eigenvalue weighted by molar-refractivity contribution is 0.255. The van der Waals surface area contributed by atoms with Crippen LogP contribution in [-0.2, 0) is 20.9 Å². The van der Waals surface area contributed by atoms with Crippen LogP contribution in [0.4, 0.5) is 0 Å². The Labute approximate surface area is 174 Å². The molecule has 0 bridgehead atoms. The zero-order valence-corrected chi connectivity index (χ0v) is 18.8. The summed E-state index contributed by atoms with van der Waals surface area (Å²) in [5.41, 5.74) is -2.83. The zero-order chi connectivity index (χ0) is 16.9. The second-order valence-corrected chi connectivity index (χ2v) is 15.4. The van der Waals surface area contributed by atoms with Crippen LogP contribution in [0, 0.1) is 0 Å². The molecule has 0 aromatic carbocycles. The molecule has 0 amide bonds. The largest absolute Gasteiger partial charge is 0.320 e. The van der Waals surface area contributed by atoms with Crippen molar-refractivity contribution in [2.45, 2.75) is 31.2 Å². The summed E-state index contributed by atoms with van der Waals surface area (Å²) in [4.78, 5) is 0. The lowest BCUT2D eigenvalue weighted by Gasteiger charge is -2.22. The van der Waals surface area contributed by atoms with Crippen molar-refractivity contribution in [2.24, 2.45) is 0 Å². The Morgan fingerprint density at radius 1 is 0.857 bits per heavy atom. The first kappa shape index (κ1) is 24.2. The van der Waals surface area contributed by atoms with Crippen LogP contribution in [-0.4, -0.2) is 31.6 Å². The second kappa shape index (κ2) is 10.4. The summed E-state index contributed by atoms with van der Waals surface area (Å²) in [6, 6.07) is 0. The van der Waals surface area contributed by atoms with Crippen molar-refractivity contribution in [3.8, 4) is 0 Å². The summed E-state index contributed by atoms with van der Waals surface area (Å²) < 4.78 is 7.70. The third-order valence-corrected chi connectivity index (χ3v) is 5.51. The summed E-state index contributed by atoms with van der Waals surface area (Å²) in [6.45, 7) is 0.0430. The molecule has 0 fully saturated rings. The summed E-state index contributed by atoms with van der Waals surface area (Å²) in [5.74, 6) is 0. The van der Waals surface area contributed by atoms with Gasteiger partial charge in [0.2, 0.25) is 5.69 Å². The van der Waals surface area contributed by atoms with Crippen molar-refractivity contribution in [1.29, 1.82) is 0 Å². The molecule has 0 saturated heterocycles. The molecule has 0 aromatic heterocycles. The van der Waals surface area contributed by atoms with Crippen molar-refractivity contribution in [1.82, 2.24) is 0 Å². The maximum Gasteiger partial charge on any atom is 0.244 e. The number of hydrogen-bond acceptors (Lipinski definition) is 3. The van der Waals surface area contributed by atoms with Crippen LogP contribution < -0.4 is 0 Å². The second-order valence-electron chi connectivity index (χ2n) is 3.89. The minimum Gasteiger partial charge on any atom is -0.320 e. The highest BCUT2D eigenvalue weighted by Gasteiger charge is 2.28. The van der Waals surface area contributed by atoms with Gasteiger partial charge in [0.1, 0.15) is 0 Å². The van der Waals surface area contributed by atoms with E-state index >= 15 is 0 Å². The van der Waals surface area contributed by atoms with E-state index in [-0.39, 0.29) is 26.1 Å². The third-order valence-electron chi connectivity index (χ3n) is 1.74. The number of hydrogen-bond donors (Lipinski definition) is 1. The first-order chi connectivity index (χ1) is 9.20. The molecule has 2 nitrogen and oxygen atoms in total. The van der Waals surface area contributed by atoms with E-state index in [2.05, 4.69) is 12.2 Å². The molecule has 0 aliphatic rings. The molecule has 0 radical (unpaired) electrons. The SMILES string of the molecule is S=P(S)(OCC(Cl)CC(Cl)(Cl)Cl)OCC(Cl)CC(Cl)(Cl)Cl. The number of halogens is 8. The Morgan fingerprint density at radius 2 is 1.14 bits per heavy atom. The van der Waals surface area contributed by atoms with Crippen molar-refractivity contribution in [3.63, 3.8) is 0 Å². The molecular weight excluding hydrogens is 507 g/mol. The van der Waals surface area contributed by atoms with Crippen LogP contribution >= 0.6 is 111 Å². The summed E-state index contributed by atoms with van der Waals surface area (Å²) in [7, 11) is 0. The molecule has 0 aromatic rings. The van der Waals surface area contributed by atoms with Gasteiger partial charge in [-0.25, -0.2) is 0 Å². The highest BCUT2D eigenvalue weighted by molar-refractivity contribution is 8.60. The molecule has 0 saturated carbocycles. The Bertz CT molecular complexity index is 331. The Morgan fingerprint density at radius 3 is 1.38 bits per heavy atom. The number of alkyl halides is 8. The highest BCUT2D eigenvalue weighted by atomic mass is 35.6. The van der Waals surface area contributed by atoms with Crippen LogP contribution in [0.25, 0.3) is 0 Å². The van der Waals surface area contributed by atoms with E-state index in [1.807, 2.05) is 0 Å². The molecule has 0 rings (SSSR count). The Balaban J connectivity index is 4.12. The van der Waals surface area contributed by atoms with Gasteiger partial charge in [-0.1, -0.05) is 81.9 Å². The molecule has 128 valence electrons. The van der Waals surface area contributed by atoms with Crippen LogP contribution in [0.5, 0.6) is 0 Å². The molecule has 21 heavy (non-hydrogen) atoms. The fourth-order valence-electron chi connectivity index (χ4n) is 1.01. The van der Waals surface area contributed by atoms with E-state index in [0.717, 1.165) is 0 Å². The molecule has 0 aliphatic carbocycles. The van der Waals surface area contributed by atoms with Crippen LogP contribution in [0.2, 0.25) is 0 Å². The average Bonchev–Trinajstić information content (AvgIpc) is 2.19. The third kappa shape index (κ3) is 16.5. The zero-order valence-electron chi connectivity index (χ0n) is 10.1. The van der Waals surface area contributed by atoms with Gasteiger partial charge in [0.15, 0.2) is 7.59 Å². The lowest BCUT2D eigenvalue weighted by Crippen LogP contribution is -2.18. The van der Waals surface area contributed by atoms with Crippen molar-refractivity contribution >= 4 is 123 Å². The molecule has 0 spiro atoms. The monoisotopic (exact) mass is 514 g/mol. The quantitative estimate of drug-likeness (QED) is 0.214. The van der Waals surface area contributed by atoms with Gasteiger partial charge in [-0.15, -0.1) is 23.2 Å². The predicted octanol–water partition coefficient (Wildman–Crippen LogP) is 6.91. The summed E-state index contributed by atoms with van der Waals surface area (Å²) >= 11 is 54.8. The van der Waals surface area contributed by atoms with E-state index in [4.69, 9.17) is 114 Å². The average molecular weight is 518 g/mol. The lowest BCUT2D eigenvalue weighted by atomic mass is 10.3. The smallest absolute Gasteiger partial charge is 0.244 e. The van der Waals surface area contributed by atoms with E-state index in [1.165, 1.54) is 0 Å². The first-order valence-corrected chi connectivity index (χ1v) is 12.2. The highest BCUT2D eigenvalue weighted by Crippen LogP contribution is 2.54. The normalized spacial score (nSPS) is 19.1. The van der Waals surface area contributed by atoms with Gasteiger partial charge in [0, 0.05) is 12.8 Å². The standard InChI is InChI=1S/C8H11Cl8O2PS2/c9-5(1-7(11,12)13)3-17-19(20,21)18-4-6(10)2-8(14,15)16/h5-6H,1-4H2,(H,20,21). The van der Waals surface area contributed by atoms with Gasteiger partial charge in [-0.2, -0.15) is 0 Å². The maximum atomic E-state index is 5.95. The molecule has 13 heteroatoms. The van der Waals surface area contributed by atoms with Crippen LogP contribution in [0.1, 0.15) is 12.8 Å². The molecule has 2 atom stereocenters. The maximum absolute atomic E-state index is 5.95. The van der Waals surface area contributed by atoms with Crippen LogP contribution in [0.15, 0.2) is 0 Å². The number of rotatable bonds is 8. The van der Waals surface area contributed by atoms with Crippen molar-refractivity contribution < 1.29 is 9.05 Å². The van der Waals surface area contributed by atoms with Gasteiger partial charge < -0.3 is 9.05 Å². The van der Waals surface area contributed by atoms with Gasteiger partial charge in [0.05, 0.1) is 24.0 Å². The van der Waals surface area contributed by atoms with Crippen LogP contribution in [0.3, 0.4) is 0 Å².